The molecule has 0 saturated heterocycles. The van der Waals surface area contributed by atoms with Gasteiger partial charge in [0, 0.05) is 0 Å². The monoisotopic (exact) mass is 371 g/mol. The summed E-state index contributed by atoms with van der Waals surface area (Å²) in [6, 6.07) is 0.410. The van der Waals surface area contributed by atoms with E-state index < -0.39 is 5.60 Å². The van der Waals surface area contributed by atoms with Gasteiger partial charge in [-0.15, -0.1) is 0 Å². The SMILES string of the molecule is C[C@H]([C@H]1CC[C@H]2[C@@H]3CC[C@@H]4C[C@](C)(O)CC[C@@H]4[C@H]3CC[C@]12C)n1nccn1. The summed E-state index contributed by atoms with van der Waals surface area (Å²) in [5.41, 5.74) is 0.0586. The Balaban J connectivity index is 1.36. The fraction of sp³-hybridized carbons (Fsp3) is 0.913. The molecule has 0 spiro atoms. The van der Waals surface area contributed by atoms with Gasteiger partial charge >= 0.3 is 0 Å². The van der Waals surface area contributed by atoms with E-state index in [2.05, 4.69) is 31.0 Å². The average Bonchev–Trinajstić information content (AvgIpc) is 3.27. The van der Waals surface area contributed by atoms with Crippen molar-refractivity contribution < 1.29 is 5.11 Å². The summed E-state index contributed by atoms with van der Waals surface area (Å²) < 4.78 is 0. The van der Waals surface area contributed by atoms with Gasteiger partial charge < -0.3 is 5.11 Å². The fourth-order valence-corrected chi connectivity index (χ4v) is 8.51. The Hall–Kier alpha value is -0.900. The van der Waals surface area contributed by atoms with Gasteiger partial charge in [0.05, 0.1) is 24.0 Å². The van der Waals surface area contributed by atoms with E-state index in [1.54, 1.807) is 0 Å². The molecule has 1 N–H and O–H groups in total. The van der Waals surface area contributed by atoms with Gasteiger partial charge in [-0.1, -0.05) is 6.92 Å². The van der Waals surface area contributed by atoms with Gasteiger partial charge in [0.15, 0.2) is 0 Å². The average molecular weight is 372 g/mol. The van der Waals surface area contributed by atoms with Gasteiger partial charge in [-0.25, -0.2) is 0 Å². The highest BCUT2D eigenvalue weighted by molar-refractivity contribution is 5.07. The maximum atomic E-state index is 10.6. The summed E-state index contributed by atoms with van der Waals surface area (Å²) in [5, 5.41) is 19.5. The van der Waals surface area contributed by atoms with Gasteiger partial charge in [-0.3, -0.25) is 0 Å². The molecule has 1 aromatic rings. The van der Waals surface area contributed by atoms with Crippen molar-refractivity contribution in [3.05, 3.63) is 12.4 Å². The van der Waals surface area contributed by atoms with E-state index in [-0.39, 0.29) is 0 Å². The molecular formula is C23H37N3O. The molecule has 4 nitrogen and oxygen atoms in total. The zero-order chi connectivity index (χ0) is 18.8. The lowest BCUT2D eigenvalue weighted by atomic mass is 9.49. The highest BCUT2D eigenvalue weighted by Crippen LogP contribution is 2.66. The molecule has 0 radical (unpaired) electrons. The maximum Gasteiger partial charge on any atom is 0.0721 e. The van der Waals surface area contributed by atoms with Crippen LogP contribution in [0.1, 0.15) is 84.6 Å². The Morgan fingerprint density at radius 2 is 1.67 bits per heavy atom. The topological polar surface area (TPSA) is 50.9 Å². The van der Waals surface area contributed by atoms with Gasteiger partial charge in [0.2, 0.25) is 0 Å². The summed E-state index contributed by atoms with van der Waals surface area (Å²) in [6.45, 7) is 7.01. The molecule has 1 heterocycles. The highest BCUT2D eigenvalue weighted by atomic mass is 16.3. The predicted molar refractivity (Wildman–Crippen MR) is 106 cm³/mol. The molecule has 27 heavy (non-hydrogen) atoms. The fourth-order valence-electron chi connectivity index (χ4n) is 8.51. The Labute approximate surface area is 164 Å². The third-order valence-electron chi connectivity index (χ3n) is 9.69. The zero-order valence-corrected chi connectivity index (χ0v) is 17.3. The molecule has 0 aromatic carbocycles. The third kappa shape index (κ3) is 2.81. The summed E-state index contributed by atoms with van der Waals surface area (Å²) in [7, 11) is 0. The Kier molecular flexibility index (Phi) is 4.24. The molecule has 0 aliphatic heterocycles. The molecule has 4 aliphatic rings. The van der Waals surface area contributed by atoms with Gasteiger partial charge in [0.1, 0.15) is 0 Å². The highest BCUT2D eigenvalue weighted by Gasteiger charge is 2.58. The first-order chi connectivity index (χ1) is 12.9. The lowest BCUT2D eigenvalue weighted by molar-refractivity contribution is -0.102. The molecule has 4 fully saturated rings. The molecule has 0 bridgehead atoms. The van der Waals surface area contributed by atoms with Crippen molar-refractivity contribution in [2.75, 3.05) is 0 Å². The van der Waals surface area contributed by atoms with Crippen molar-refractivity contribution >= 4 is 0 Å². The first kappa shape index (κ1) is 18.1. The van der Waals surface area contributed by atoms with Crippen LogP contribution in [0, 0.1) is 40.9 Å². The predicted octanol–water partition coefficient (Wildman–Crippen LogP) is 4.86. The van der Waals surface area contributed by atoms with Crippen molar-refractivity contribution in [3.8, 4) is 0 Å². The first-order valence-electron chi connectivity index (χ1n) is 11.5. The maximum absolute atomic E-state index is 10.6. The molecule has 9 atom stereocenters. The van der Waals surface area contributed by atoms with Gasteiger partial charge in [-0.05, 0) is 113 Å². The van der Waals surface area contributed by atoms with Crippen LogP contribution >= 0.6 is 0 Å². The molecule has 150 valence electrons. The Bertz CT molecular complexity index is 671. The van der Waals surface area contributed by atoms with Crippen molar-refractivity contribution in [2.45, 2.75) is 90.2 Å². The number of nitrogens with zero attached hydrogens (tertiary/aromatic N) is 3. The second-order valence-electron chi connectivity index (χ2n) is 11.0. The van der Waals surface area contributed by atoms with Crippen LogP contribution in [-0.2, 0) is 0 Å². The van der Waals surface area contributed by atoms with E-state index in [0.717, 1.165) is 42.4 Å². The summed E-state index contributed by atoms with van der Waals surface area (Å²) >= 11 is 0. The van der Waals surface area contributed by atoms with Crippen LogP contribution < -0.4 is 0 Å². The van der Waals surface area contributed by atoms with Crippen LogP contribution in [0.25, 0.3) is 0 Å². The number of hydrogen-bond acceptors (Lipinski definition) is 3. The minimum atomic E-state index is -0.401. The summed E-state index contributed by atoms with van der Waals surface area (Å²) in [6.07, 6.45) is 15.3. The quantitative estimate of drug-likeness (QED) is 0.808. The lowest BCUT2D eigenvalue weighted by Crippen LogP contribution is -2.51. The number of hydrogen-bond donors (Lipinski definition) is 1. The van der Waals surface area contributed by atoms with Crippen LogP contribution in [0.15, 0.2) is 12.4 Å². The van der Waals surface area contributed by atoms with Crippen LogP contribution in [0.4, 0.5) is 0 Å². The smallest absolute Gasteiger partial charge is 0.0721 e. The van der Waals surface area contributed by atoms with Crippen LogP contribution in [0.2, 0.25) is 0 Å². The standard InChI is InChI=1S/C23H37N3O/c1-15(26-24-12-13-25-26)20-6-7-21-19-5-4-16-14-22(2,27)10-8-17(16)18(19)9-11-23(20,21)3/h12-13,15-21,27H,4-11,14H2,1-3H3/t15-,16-,17+,18-,19-,20-,21+,22-,23-/m1/s1. The second-order valence-corrected chi connectivity index (χ2v) is 11.0. The van der Waals surface area contributed by atoms with E-state index in [0.29, 0.717) is 17.4 Å². The summed E-state index contributed by atoms with van der Waals surface area (Å²) in [5.74, 6) is 5.12. The number of aromatic nitrogens is 3. The molecule has 0 amide bonds. The van der Waals surface area contributed by atoms with Crippen molar-refractivity contribution in [1.82, 2.24) is 15.0 Å². The van der Waals surface area contributed by atoms with E-state index in [1.807, 2.05) is 17.2 Å². The van der Waals surface area contributed by atoms with Gasteiger partial charge in [-0.2, -0.15) is 15.0 Å². The number of fused-ring (bicyclic) bond motifs is 5. The normalized spacial score (nSPS) is 50.5. The van der Waals surface area contributed by atoms with Gasteiger partial charge in [0.25, 0.3) is 0 Å². The van der Waals surface area contributed by atoms with Crippen LogP contribution in [0.5, 0.6) is 0 Å². The molecule has 5 rings (SSSR count). The van der Waals surface area contributed by atoms with E-state index >= 15 is 0 Å². The zero-order valence-electron chi connectivity index (χ0n) is 17.3. The van der Waals surface area contributed by atoms with Crippen molar-refractivity contribution in [2.24, 2.45) is 40.9 Å². The molecule has 4 saturated carbocycles. The third-order valence-corrected chi connectivity index (χ3v) is 9.69. The number of rotatable bonds is 2. The van der Waals surface area contributed by atoms with E-state index in [1.165, 1.54) is 44.9 Å². The minimum absolute atomic E-state index is 0.401. The van der Waals surface area contributed by atoms with Crippen molar-refractivity contribution in [3.63, 3.8) is 0 Å². The first-order valence-corrected chi connectivity index (χ1v) is 11.5. The molecule has 0 unspecified atom stereocenters. The Morgan fingerprint density at radius 3 is 2.44 bits per heavy atom. The molecule has 4 aliphatic carbocycles. The summed E-state index contributed by atoms with van der Waals surface area (Å²) in [4.78, 5) is 1.96. The molecule has 4 heteroatoms. The molecule has 1 aromatic heterocycles. The van der Waals surface area contributed by atoms with Crippen LogP contribution in [0.3, 0.4) is 0 Å². The van der Waals surface area contributed by atoms with E-state index in [4.69, 9.17) is 0 Å². The minimum Gasteiger partial charge on any atom is -0.390 e. The number of aliphatic hydroxyl groups is 1. The largest absolute Gasteiger partial charge is 0.390 e. The van der Waals surface area contributed by atoms with Crippen LogP contribution in [-0.4, -0.2) is 25.7 Å². The second kappa shape index (κ2) is 6.30. The Morgan fingerprint density at radius 1 is 0.926 bits per heavy atom. The molecular weight excluding hydrogens is 334 g/mol. The lowest BCUT2D eigenvalue weighted by Gasteiger charge is -2.57. The van der Waals surface area contributed by atoms with E-state index in [9.17, 15) is 5.11 Å². The van der Waals surface area contributed by atoms with Crippen molar-refractivity contribution in [1.29, 1.82) is 0 Å².